The summed E-state index contributed by atoms with van der Waals surface area (Å²) >= 11 is 6.28. The minimum atomic E-state index is -0.848. The fraction of sp³-hybridized carbons (Fsp3) is 0.417. The number of hydrogen-bond donors (Lipinski definition) is 1. The van der Waals surface area contributed by atoms with Gasteiger partial charge in [0.15, 0.2) is 11.5 Å². The van der Waals surface area contributed by atoms with Crippen LogP contribution in [0.4, 0.5) is 5.69 Å². The van der Waals surface area contributed by atoms with Gasteiger partial charge in [-0.25, -0.2) is 4.79 Å². The van der Waals surface area contributed by atoms with Crippen LogP contribution in [0, 0.1) is 5.92 Å². The second-order valence-corrected chi connectivity index (χ2v) is 12.7. The Morgan fingerprint density at radius 3 is 2.39 bits per heavy atom. The Kier molecular flexibility index (Phi) is 8.79. The van der Waals surface area contributed by atoms with E-state index in [0.717, 1.165) is 47.8 Å². The van der Waals surface area contributed by atoms with Crippen LogP contribution in [0.15, 0.2) is 66.2 Å². The lowest BCUT2D eigenvalue weighted by Gasteiger charge is -2.46. The van der Waals surface area contributed by atoms with Crippen molar-refractivity contribution in [2.45, 2.75) is 56.6 Å². The minimum Gasteiger partial charge on any atom is -0.497 e. The summed E-state index contributed by atoms with van der Waals surface area (Å²) in [4.78, 5) is 13.4. The van der Waals surface area contributed by atoms with Crippen molar-refractivity contribution in [3.63, 3.8) is 0 Å². The van der Waals surface area contributed by atoms with Crippen molar-refractivity contribution in [1.29, 1.82) is 0 Å². The average molecular weight is 618 g/mol. The third-order valence-electron chi connectivity index (χ3n) is 9.31. The molecule has 0 bridgehead atoms. The highest BCUT2D eigenvalue weighted by atomic mass is 35.5. The molecule has 1 saturated carbocycles. The highest BCUT2D eigenvalue weighted by Crippen LogP contribution is 2.57. The van der Waals surface area contributed by atoms with E-state index < -0.39 is 5.54 Å². The molecule has 3 aromatic rings. The van der Waals surface area contributed by atoms with Crippen molar-refractivity contribution in [2.75, 3.05) is 39.4 Å². The van der Waals surface area contributed by atoms with Crippen molar-refractivity contribution in [3.8, 4) is 17.2 Å². The van der Waals surface area contributed by atoms with E-state index in [9.17, 15) is 4.79 Å². The highest BCUT2D eigenvalue weighted by molar-refractivity contribution is 6.30. The zero-order valence-electron chi connectivity index (χ0n) is 25.6. The monoisotopic (exact) mass is 617 g/mol. The number of carbonyl (C=O) groups is 1. The molecule has 6 rings (SSSR count). The second kappa shape index (κ2) is 12.7. The molecule has 8 heteroatoms. The molecule has 232 valence electrons. The van der Waals surface area contributed by atoms with Gasteiger partial charge in [0, 0.05) is 22.7 Å². The van der Waals surface area contributed by atoms with E-state index in [-0.39, 0.29) is 11.4 Å². The number of hydrogen-bond acceptors (Lipinski definition) is 7. The zero-order valence-corrected chi connectivity index (χ0v) is 26.4. The van der Waals surface area contributed by atoms with Crippen LogP contribution in [0.25, 0.3) is 6.08 Å². The number of halogens is 1. The van der Waals surface area contributed by atoms with E-state index in [1.165, 1.54) is 23.8 Å². The molecule has 1 fully saturated rings. The van der Waals surface area contributed by atoms with Crippen LogP contribution >= 0.6 is 11.6 Å². The van der Waals surface area contributed by atoms with Crippen LogP contribution in [0.1, 0.15) is 55.7 Å². The van der Waals surface area contributed by atoms with Crippen molar-refractivity contribution in [2.24, 2.45) is 5.92 Å². The number of benzene rings is 3. The first-order valence-electron chi connectivity index (χ1n) is 15.3. The van der Waals surface area contributed by atoms with Gasteiger partial charge in [0.25, 0.3) is 0 Å². The molecule has 1 heterocycles. The minimum absolute atomic E-state index is 0.219. The predicted octanol–water partition coefficient (Wildman–Crippen LogP) is 7.60. The van der Waals surface area contributed by atoms with Crippen LogP contribution in [-0.2, 0) is 26.3 Å². The summed E-state index contributed by atoms with van der Waals surface area (Å²) < 4.78 is 28.8. The number of rotatable bonds is 10. The van der Waals surface area contributed by atoms with E-state index in [1.54, 1.807) is 7.11 Å². The molecule has 3 aromatic carbocycles. The molecule has 0 unspecified atom stereocenters. The van der Waals surface area contributed by atoms with Gasteiger partial charge < -0.3 is 29.0 Å². The van der Waals surface area contributed by atoms with Crippen molar-refractivity contribution in [1.82, 2.24) is 0 Å². The Morgan fingerprint density at radius 1 is 0.977 bits per heavy atom. The van der Waals surface area contributed by atoms with Gasteiger partial charge >= 0.3 is 5.97 Å². The smallest absolute Gasteiger partial charge is 0.331 e. The number of anilines is 1. The maximum absolute atomic E-state index is 13.4. The van der Waals surface area contributed by atoms with E-state index in [1.807, 2.05) is 48.5 Å². The van der Waals surface area contributed by atoms with Gasteiger partial charge in [0.2, 0.25) is 0 Å². The van der Waals surface area contributed by atoms with Gasteiger partial charge in [0.1, 0.15) is 24.5 Å². The first-order valence-corrected chi connectivity index (χ1v) is 15.7. The van der Waals surface area contributed by atoms with Gasteiger partial charge in [-0.2, -0.15) is 0 Å². The molecule has 44 heavy (non-hydrogen) atoms. The van der Waals surface area contributed by atoms with Crippen LogP contribution in [0.3, 0.4) is 0 Å². The van der Waals surface area contributed by atoms with Crippen molar-refractivity contribution in [3.05, 3.63) is 87.9 Å². The lowest BCUT2D eigenvalue weighted by Crippen LogP contribution is -2.52. The van der Waals surface area contributed by atoms with E-state index in [0.29, 0.717) is 50.2 Å². The largest absolute Gasteiger partial charge is 0.497 e. The summed E-state index contributed by atoms with van der Waals surface area (Å²) in [6.45, 7) is 4.52. The number of esters is 1. The summed E-state index contributed by atoms with van der Waals surface area (Å²) in [6, 6.07) is 19.8. The third-order valence-corrected chi connectivity index (χ3v) is 9.55. The Labute approximate surface area is 264 Å². The number of fused-ring (bicyclic) bond motifs is 3. The van der Waals surface area contributed by atoms with Crippen LogP contribution < -0.4 is 19.5 Å². The molecule has 0 amide bonds. The standard InChI is InChI=1S/C36H40ClNO6/c1-24(22-42-23-25-7-9-30(40-2)10-8-25)17-27-18-26-19-32-33(44-16-15-43-32)21-31(26)35(27)11-13-36(14-12-35,34(39)41-3)38-29-6-4-5-28(37)20-29/h4-10,18-21,24,38H,11-17,22-23H2,1-3H3/t24-,35?,36?/m1/s1. The number of nitrogens with one attached hydrogen (secondary N) is 1. The molecule has 1 aliphatic heterocycles. The Morgan fingerprint density at radius 2 is 1.70 bits per heavy atom. The summed E-state index contributed by atoms with van der Waals surface area (Å²) in [5.74, 6) is 2.47. The molecule has 2 aliphatic carbocycles. The van der Waals surface area contributed by atoms with Crippen molar-refractivity contribution >= 4 is 29.3 Å². The highest BCUT2D eigenvalue weighted by Gasteiger charge is 2.52. The summed E-state index contributed by atoms with van der Waals surface area (Å²) in [6.07, 6.45) is 6.01. The first-order chi connectivity index (χ1) is 21.3. The Balaban J connectivity index is 1.23. The van der Waals surface area contributed by atoms with Gasteiger partial charge in [-0.3, -0.25) is 0 Å². The van der Waals surface area contributed by atoms with Gasteiger partial charge in [-0.1, -0.05) is 48.4 Å². The summed E-state index contributed by atoms with van der Waals surface area (Å²) in [5.41, 5.74) is 4.65. The third kappa shape index (κ3) is 6.00. The van der Waals surface area contributed by atoms with Gasteiger partial charge in [-0.15, -0.1) is 0 Å². The maximum Gasteiger partial charge on any atom is 0.331 e. The quantitative estimate of drug-likeness (QED) is 0.235. The molecule has 1 N–H and O–H groups in total. The SMILES string of the molecule is COC(=O)C1(Nc2cccc(Cl)c2)CCC2(CC1)C(C[C@@H](C)COCc1ccc(OC)cc1)=Cc1cc3c(cc12)OCCO3. The fourth-order valence-electron chi connectivity index (χ4n) is 7.04. The van der Waals surface area contributed by atoms with Crippen LogP contribution in [0.2, 0.25) is 5.02 Å². The van der Waals surface area contributed by atoms with E-state index >= 15 is 0 Å². The van der Waals surface area contributed by atoms with Crippen LogP contribution in [0.5, 0.6) is 17.2 Å². The molecule has 0 aromatic heterocycles. The van der Waals surface area contributed by atoms with E-state index in [4.69, 9.17) is 35.3 Å². The topological polar surface area (TPSA) is 75.3 Å². The van der Waals surface area contributed by atoms with Crippen LogP contribution in [-0.4, -0.2) is 45.5 Å². The summed E-state index contributed by atoms with van der Waals surface area (Å²) in [7, 11) is 3.13. The van der Waals surface area contributed by atoms with Crippen molar-refractivity contribution < 1.29 is 28.5 Å². The molecule has 1 atom stereocenters. The lowest BCUT2D eigenvalue weighted by atomic mass is 9.61. The normalized spacial score (nSPS) is 22.6. The second-order valence-electron chi connectivity index (χ2n) is 12.2. The lowest BCUT2D eigenvalue weighted by molar-refractivity contribution is -0.147. The molecule has 3 aliphatic rings. The number of carbonyl (C=O) groups excluding carboxylic acids is 1. The first kappa shape index (κ1) is 30.4. The molecule has 0 radical (unpaired) electrons. The Bertz CT molecular complexity index is 1530. The predicted molar refractivity (Wildman–Crippen MR) is 172 cm³/mol. The van der Waals surface area contributed by atoms with Gasteiger partial charge in [-0.05, 0) is 97.2 Å². The molecule has 1 spiro atoms. The molecular formula is C36H40ClNO6. The van der Waals surface area contributed by atoms with Gasteiger partial charge in [0.05, 0.1) is 20.8 Å². The average Bonchev–Trinajstić information content (AvgIpc) is 3.31. The molecule has 0 saturated heterocycles. The van der Waals surface area contributed by atoms with E-state index in [2.05, 4.69) is 30.4 Å². The molecule has 7 nitrogen and oxygen atoms in total. The number of methoxy groups -OCH3 is 2. The molecular weight excluding hydrogens is 578 g/mol. The zero-order chi connectivity index (χ0) is 30.7. The number of allylic oxidation sites excluding steroid dienone is 1. The maximum atomic E-state index is 13.4. The number of ether oxygens (including phenoxy) is 5. The summed E-state index contributed by atoms with van der Waals surface area (Å²) in [5, 5.41) is 4.14. The fourth-order valence-corrected chi connectivity index (χ4v) is 7.23. The Hall–Kier alpha value is -3.68.